The predicted octanol–water partition coefficient (Wildman–Crippen LogP) is 4.89. The van der Waals surface area contributed by atoms with Crippen molar-refractivity contribution in [2.45, 2.75) is 19.5 Å². The van der Waals surface area contributed by atoms with Gasteiger partial charge in [0.2, 0.25) is 0 Å². The summed E-state index contributed by atoms with van der Waals surface area (Å²) in [4.78, 5) is 0. The minimum atomic E-state index is -4.29. The summed E-state index contributed by atoms with van der Waals surface area (Å²) in [6.45, 7) is 1.92. The van der Waals surface area contributed by atoms with Gasteiger partial charge in [0.1, 0.15) is 0 Å². The van der Waals surface area contributed by atoms with Gasteiger partial charge in [0.05, 0.1) is 5.56 Å². The van der Waals surface area contributed by atoms with Crippen LogP contribution in [0, 0.1) is 0 Å². The molecule has 0 fully saturated rings. The maximum atomic E-state index is 12.7. The molecule has 0 aliphatic carbocycles. The van der Waals surface area contributed by atoms with E-state index < -0.39 is 11.7 Å². The molecule has 1 rings (SSSR count). The van der Waals surface area contributed by atoms with Crippen LogP contribution in [-0.2, 0) is 6.18 Å². The van der Waals surface area contributed by atoms with E-state index in [1.807, 2.05) is 6.92 Å². The lowest BCUT2D eigenvalue weighted by atomic mass is 10.0. The molecule has 0 heterocycles. The van der Waals surface area contributed by atoms with E-state index in [1.54, 1.807) is 12.1 Å². The number of allylic oxidation sites excluding steroid dienone is 1. The predicted molar refractivity (Wildman–Crippen MR) is 63.5 cm³/mol. The van der Waals surface area contributed by atoms with Crippen LogP contribution in [0.3, 0.4) is 0 Å². The molecule has 1 aromatic carbocycles. The maximum Gasteiger partial charge on any atom is 0.416 e. The Hall–Kier alpha value is -0.770. The van der Waals surface area contributed by atoms with Crippen molar-refractivity contribution in [1.29, 1.82) is 0 Å². The standard InChI is InChI=1S/C12H12BrF3/c1-2-9(8-13)7-10-5-3-4-6-11(10)12(14,15)16/h3-7H,2,8H2,1H3. The quantitative estimate of drug-likeness (QED) is 0.696. The highest BCUT2D eigenvalue weighted by Crippen LogP contribution is 2.33. The molecule has 0 amide bonds. The molecule has 0 bridgehead atoms. The zero-order valence-electron chi connectivity index (χ0n) is 8.81. The Morgan fingerprint density at radius 3 is 2.44 bits per heavy atom. The number of halogens is 4. The second kappa shape index (κ2) is 5.53. The summed E-state index contributed by atoms with van der Waals surface area (Å²) in [5, 5.41) is 0.593. The van der Waals surface area contributed by atoms with Crippen molar-refractivity contribution in [1.82, 2.24) is 0 Å². The molecule has 0 aromatic heterocycles. The van der Waals surface area contributed by atoms with Gasteiger partial charge in [-0.1, -0.05) is 52.7 Å². The number of hydrogen-bond donors (Lipinski definition) is 0. The highest BCUT2D eigenvalue weighted by Gasteiger charge is 2.32. The van der Waals surface area contributed by atoms with Gasteiger partial charge in [-0.2, -0.15) is 13.2 Å². The van der Waals surface area contributed by atoms with E-state index in [0.29, 0.717) is 5.33 Å². The number of benzene rings is 1. The van der Waals surface area contributed by atoms with Gasteiger partial charge in [-0.3, -0.25) is 0 Å². The third-order valence-corrected chi connectivity index (χ3v) is 2.97. The Bertz CT molecular complexity index is 374. The molecule has 0 spiro atoms. The van der Waals surface area contributed by atoms with Gasteiger partial charge in [-0.25, -0.2) is 0 Å². The van der Waals surface area contributed by atoms with Crippen molar-refractivity contribution >= 4 is 22.0 Å². The molecule has 0 radical (unpaired) electrons. The normalized spacial score (nSPS) is 12.9. The lowest BCUT2D eigenvalue weighted by molar-refractivity contribution is -0.137. The summed E-state index contributed by atoms with van der Waals surface area (Å²) < 4.78 is 38.0. The van der Waals surface area contributed by atoms with E-state index in [0.717, 1.165) is 18.1 Å². The summed E-state index contributed by atoms with van der Waals surface area (Å²) >= 11 is 3.26. The molecule has 0 aliphatic heterocycles. The smallest absolute Gasteiger partial charge is 0.166 e. The van der Waals surface area contributed by atoms with Gasteiger partial charge in [0.25, 0.3) is 0 Å². The maximum absolute atomic E-state index is 12.7. The third-order valence-electron chi connectivity index (χ3n) is 2.25. The van der Waals surface area contributed by atoms with Crippen molar-refractivity contribution in [2.24, 2.45) is 0 Å². The van der Waals surface area contributed by atoms with Crippen LogP contribution >= 0.6 is 15.9 Å². The first-order valence-electron chi connectivity index (χ1n) is 4.90. The molecular formula is C12H12BrF3. The average molecular weight is 293 g/mol. The second-order valence-electron chi connectivity index (χ2n) is 3.37. The van der Waals surface area contributed by atoms with Crippen LogP contribution in [0.4, 0.5) is 13.2 Å². The first-order chi connectivity index (χ1) is 7.49. The van der Waals surface area contributed by atoms with Crippen molar-refractivity contribution < 1.29 is 13.2 Å². The lowest BCUT2D eigenvalue weighted by Crippen LogP contribution is -2.07. The van der Waals surface area contributed by atoms with Crippen LogP contribution < -0.4 is 0 Å². The number of rotatable bonds is 3. The monoisotopic (exact) mass is 292 g/mol. The minimum absolute atomic E-state index is 0.228. The number of hydrogen-bond acceptors (Lipinski definition) is 0. The van der Waals surface area contributed by atoms with Crippen LogP contribution in [0.15, 0.2) is 29.8 Å². The SMILES string of the molecule is CCC(=Cc1ccccc1C(F)(F)F)CBr. The Labute approximate surface area is 101 Å². The van der Waals surface area contributed by atoms with E-state index in [1.165, 1.54) is 12.1 Å². The molecule has 88 valence electrons. The molecule has 1 aromatic rings. The first kappa shape index (κ1) is 13.3. The molecule has 0 nitrogen and oxygen atoms in total. The van der Waals surface area contributed by atoms with Crippen molar-refractivity contribution in [3.05, 3.63) is 41.0 Å². The highest BCUT2D eigenvalue weighted by atomic mass is 79.9. The molecule has 0 saturated heterocycles. The van der Waals surface area contributed by atoms with E-state index in [4.69, 9.17) is 0 Å². The van der Waals surface area contributed by atoms with Gasteiger partial charge in [-0.05, 0) is 18.1 Å². The topological polar surface area (TPSA) is 0 Å². The van der Waals surface area contributed by atoms with Crippen LogP contribution in [0.2, 0.25) is 0 Å². The molecular weight excluding hydrogens is 281 g/mol. The largest absolute Gasteiger partial charge is 0.416 e. The van der Waals surface area contributed by atoms with E-state index in [9.17, 15) is 13.2 Å². The molecule has 4 heteroatoms. The second-order valence-corrected chi connectivity index (χ2v) is 3.94. The molecule has 0 aliphatic rings. The Morgan fingerprint density at radius 2 is 1.94 bits per heavy atom. The summed E-state index contributed by atoms with van der Waals surface area (Å²) in [6, 6.07) is 5.61. The fourth-order valence-electron chi connectivity index (χ4n) is 1.34. The molecule has 0 saturated carbocycles. The summed E-state index contributed by atoms with van der Waals surface area (Å²) in [5.74, 6) is 0. The minimum Gasteiger partial charge on any atom is -0.166 e. The fraction of sp³-hybridized carbons (Fsp3) is 0.333. The summed E-state index contributed by atoms with van der Waals surface area (Å²) in [6.07, 6.45) is -1.97. The van der Waals surface area contributed by atoms with Crippen LogP contribution in [0.25, 0.3) is 6.08 Å². The average Bonchev–Trinajstić information content (AvgIpc) is 2.25. The van der Waals surface area contributed by atoms with E-state index >= 15 is 0 Å². The third kappa shape index (κ3) is 3.37. The number of alkyl halides is 4. The first-order valence-corrected chi connectivity index (χ1v) is 6.02. The Balaban J connectivity index is 3.19. The van der Waals surface area contributed by atoms with E-state index in [2.05, 4.69) is 15.9 Å². The van der Waals surface area contributed by atoms with Crippen LogP contribution in [-0.4, -0.2) is 5.33 Å². The van der Waals surface area contributed by atoms with Gasteiger partial charge < -0.3 is 0 Å². The van der Waals surface area contributed by atoms with Gasteiger partial charge in [0, 0.05) is 5.33 Å². The zero-order valence-corrected chi connectivity index (χ0v) is 10.4. The molecule has 0 atom stereocenters. The van der Waals surface area contributed by atoms with Crippen molar-refractivity contribution in [3.63, 3.8) is 0 Å². The lowest BCUT2D eigenvalue weighted by Gasteiger charge is -2.10. The van der Waals surface area contributed by atoms with E-state index in [-0.39, 0.29) is 5.56 Å². The van der Waals surface area contributed by atoms with Gasteiger partial charge >= 0.3 is 6.18 Å². The Kier molecular flexibility index (Phi) is 4.59. The Morgan fingerprint density at radius 1 is 1.31 bits per heavy atom. The fourth-order valence-corrected chi connectivity index (χ4v) is 1.89. The highest BCUT2D eigenvalue weighted by molar-refractivity contribution is 9.09. The van der Waals surface area contributed by atoms with Gasteiger partial charge in [0.15, 0.2) is 0 Å². The molecule has 16 heavy (non-hydrogen) atoms. The van der Waals surface area contributed by atoms with Crippen molar-refractivity contribution in [3.8, 4) is 0 Å². The summed E-state index contributed by atoms with van der Waals surface area (Å²) in [5.41, 5.74) is 0.588. The zero-order chi connectivity index (χ0) is 12.2. The van der Waals surface area contributed by atoms with Crippen molar-refractivity contribution in [2.75, 3.05) is 5.33 Å². The summed E-state index contributed by atoms with van der Waals surface area (Å²) in [7, 11) is 0. The van der Waals surface area contributed by atoms with Crippen LogP contribution in [0.1, 0.15) is 24.5 Å². The molecule has 0 N–H and O–H groups in total. The van der Waals surface area contributed by atoms with Crippen LogP contribution in [0.5, 0.6) is 0 Å². The van der Waals surface area contributed by atoms with Gasteiger partial charge in [-0.15, -0.1) is 0 Å². The molecule has 0 unspecified atom stereocenters.